The normalized spacial score (nSPS) is 10.0. The minimum atomic E-state index is -0.563. The predicted octanol–water partition coefficient (Wildman–Crippen LogP) is 1.81. The van der Waals surface area contributed by atoms with E-state index in [1.54, 1.807) is 0 Å². The van der Waals surface area contributed by atoms with E-state index in [1.165, 1.54) is 36.7 Å². The number of rotatable bonds is 3. The third-order valence-corrected chi connectivity index (χ3v) is 1.95. The van der Waals surface area contributed by atoms with Crippen molar-refractivity contribution in [3.05, 3.63) is 58.3 Å². The van der Waals surface area contributed by atoms with Crippen molar-refractivity contribution in [1.29, 1.82) is 0 Å². The minimum absolute atomic E-state index is 0.0829. The molecule has 0 radical (unpaired) electrons. The van der Waals surface area contributed by atoms with Crippen molar-refractivity contribution >= 4 is 11.5 Å². The number of nitro groups is 1. The van der Waals surface area contributed by atoms with Gasteiger partial charge in [0.1, 0.15) is 6.26 Å². The number of benzene rings is 1. The van der Waals surface area contributed by atoms with Crippen molar-refractivity contribution < 1.29 is 14.1 Å². The van der Waals surface area contributed by atoms with Crippen LogP contribution in [0.2, 0.25) is 0 Å². The highest BCUT2D eigenvalue weighted by atomic mass is 16.6. The number of nitrogens with zero attached hydrogens (tertiary/aromatic N) is 2. The molecule has 80 valence electrons. The summed E-state index contributed by atoms with van der Waals surface area (Å²) in [4.78, 5) is 25.3. The van der Waals surface area contributed by atoms with Gasteiger partial charge in [0.2, 0.25) is 5.78 Å². The van der Waals surface area contributed by atoms with E-state index < -0.39 is 10.7 Å². The summed E-state index contributed by atoms with van der Waals surface area (Å²) < 4.78 is 4.82. The van der Waals surface area contributed by atoms with E-state index >= 15 is 0 Å². The van der Waals surface area contributed by atoms with Crippen molar-refractivity contribution in [2.45, 2.75) is 0 Å². The van der Waals surface area contributed by atoms with Gasteiger partial charge in [-0.05, 0) is 0 Å². The third kappa shape index (κ3) is 1.81. The van der Waals surface area contributed by atoms with Crippen LogP contribution < -0.4 is 0 Å². The monoisotopic (exact) mass is 218 g/mol. The molecule has 16 heavy (non-hydrogen) atoms. The molecule has 6 heteroatoms. The number of non-ortho nitro benzene ring substituents is 1. The fraction of sp³-hybridized carbons (Fsp3) is 0. The summed E-state index contributed by atoms with van der Waals surface area (Å²) in [5.41, 5.74) is 0.0362. The molecule has 1 aromatic carbocycles. The van der Waals surface area contributed by atoms with Crippen LogP contribution in [0.15, 0.2) is 41.1 Å². The highest BCUT2D eigenvalue weighted by molar-refractivity contribution is 6.06. The second-order valence-corrected chi connectivity index (χ2v) is 2.97. The van der Waals surface area contributed by atoms with Gasteiger partial charge < -0.3 is 4.42 Å². The van der Waals surface area contributed by atoms with E-state index in [2.05, 4.69) is 4.98 Å². The molecule has 0 spiro atoms. The maximum absolute atomic E-state index is 11.7. The lowest BCUT2D eigenvalue weighted by atomic mass is 10.1. The number of ketones is 1. The Bertz CT molecular complexity index is 534. The second-order valence-electron chi connectivity index (χ2n) is 2.97. The molecule has 0 N–H and O–H groups in total. The van der Waals surface area contributed by atoms with E-state index in [0.717, 1.165) is 0 Å². The van der Waals surface area contributed by atoms with Gasteiger partial charge in [-0.15, -0.1) is 0 Å². The molecule has 0 saturated heterocycles. The first-order chi connectivity index (χ1) is 7.68. The van der Waals surface area contributed by atoms with Crippen LogP contribution in [0.1, 0.15) is 16.2 Å². The van der Waals surface area contributed by atoms with Crippen LogP contribution in [0.5, 0.6) is 0 Å². The molecule has 6 nitrogen and oxygen atoms in total. The van der Waals surface area contributed by atoms with E-state index in [-0.39, 0.29) is 17.1 Å². The lowest BCUT2D eigenvalue weighted by Crippen LogP contribution is -2.02. The molecule has 0 aliphatic rings. The number of aromatic nitrogens is 1. The molecule has 2 aromatic rings. The van der Waals surface area contributed by atoms with E-state index in [1.807, 2.05) is 0 Å². The third-order valence-electron chi connectivity index (χ3n) is 1.95. The Labute approximate surface area is 89.7 Å². The SMILES string of the molecule is O=C(c1cccc([N+](=O)[O-])c1)c1ncco1. The van der Waals surface area contributed by atoms with Crippen LogP contribution >= 0.6 is 0 Å². The smallest absolute Gasteiger partial charge is 0.270 e. The molecule has 1 aromatic heterocycles. The van der Waals surface area contributed by atoms with Crippen LogP contribution in [0.3, 0.4) is 0 Å². The van der Waals surface area contributed by atoms with Crippen LogP contribution in [-0.4, -0.2) is 15.7 Å². The number of hydrogen-bond acceptors (Lipinski definition) is 5. The van der Waals surface area contributed by atoms with Crippen LogP contribution in [0, 0.1) is 10.1 Å². The minimum Gasteiger partial charge on any atom is -0.442 e. The highest BCUT2D eigenvalue weighted by Crippen LogP contribution is 2.15. The summed E-state index contributed by atoms with van der Waals surface area (Å²) >= 11 is 0. The number of hydrogen-bond donors (Lipinski definition) is 0. The molecular formula is C10H6N2O4. The Morgan fingerprint density at radius 2 is 2.25 bits per heavy atom. The van der Waals surface area contributed by atoms with Crippen LogP contribution in [-0.2, 0) is 0 Å². The summed E-state index contributed by atoms with van der Waals surface area (Å²) in [6.07, 6.45) is 2.61. The summed E-state index contributed by atoms with van der Waals surface area (Å²) in [6.45, 7) is 0. The van der Waals surface area contributed by atoms with Gasteiger partial charge in [0, 0.05) is 17.7 Å². The summed E-state index contributed by atoms with van der Waals surface area (Å²) in [7, 11) is 0. The summed E-state index contributed by atoms with van der Waals surface area (Å²) in [5, 5.41) is 10.5. The standard InChI is InChI=1S/C10H6N2O4/c13-9(10-11-4-5-16-10)7-2-1-3-8(6-7)12(14)15/h1-6H. The quantitative estimate of drug-likeness (QED) is 0.445. The fourth-order valence-electron chi connectivity index (χ4n) is 1.22. The van der Waals surface area contributed by atoms with Gasteiger partial charge in [-0.1, -0.05) is 12.1 Å². The largest absolute Gasteiger partial charge is 0.442 e. The Balaban J connectivity index is 2.38. The van der Waals surface area contributed by atoms with Gasteiger partial charge in [-0.2, -0.15) is 0 Å². The van der Waals surface area contributed by atoms with Crippen molar-refractivity contribution in [1.82, 2.24) is 4.98 Å². The van der Waals surface area contributed by atoms with Gasteiger partial charge in [-0.3, -0.25) is 14.9 Å². The lowest BCUT2D eigenvalue weighted by molar-refractivity contribution is -0.384. The number of carbonyl (C=O) groups excluding carboxylic acids is 1. The number of oxazole rings is 1. The summed E-state index contributed by atoms with van der Waals surface area (Å²) in [6, 6.07) is 5.41. The lowest BCUT2D eigenvalue weighted by Gasteiger charge is -1.96. The molecule has 0 saturated carbocycles. The molecule has 0 amide bonds. The van der Waals surface area contributed by atoms with E-state index in [4.69, 9.17) is 4.42 Å². The zero-order chi connectivity index (χ0) is 11.5. The highest BCUT2D eigenvalue weighted by Gasteiger charge is 2.16. The maximum atomic E-state index is 11.7. The predicted molar refractivity (Wildman–Crippen MR) is 53.0 cm³/mol. The van der Waals surface area contributed by atoms with Gasteiger partial charge in [0.15, 0.2) is 0 Å². The molecule has 0 aliphatic heterocycles. The molecule has 0 aliphatic carbocycles. The van der Waals surface area contributed by atoms with Crippen molar-refractivity contribution in [3.8, 4) is 0 Å². The molecule has 1 heterocycles. The van der Waals surface area contributed by atoms with Gasteiger partial charge in [0.25, 0.3) is 11.6 Å². The molecule has 0 fully saturated rings. The first kappa shape index (κ1) is 10.0. The van der Waals surface area contributed by atoms with Crippen LogP contribution in [0.4, 0.5) is 5.69 Å². The average molecular weight is 218 g/mol. The van der Waals surface area contributed by atoms with Crippen molar-refractivity contribution in [3.63, 3.8) is 0 Å². The molecule has 0 atom stereocenters. The Kier molecular flexibility index (Phi) is 2.47. The number of carbonyl (C=O) groups is 1. The topological polar surface area (TPSA) is 86.2 Å². The fourth-order valence-corrected chi connectivity index (χ4v) is 1.22. The van der Waals surface area contributed by atoms with E-state index in [0.29, 0.717) is 0 Å². The van der Waals surface area contributed by atoms with Crippen LogP contribution in [0.25, 0.3) is 0 Å². The average Bonchev–Trinajstić information content (AvgIpc) is 2.81. The first-order valence-electron chi connectivity index (χ1n) is 4.37. The van der Waals surface area contributed by atoms with Gasteiger partial charge >= 0.3 is 0 Å². The molecular weight excluding hydrogens is 212 g/mol. The molecule has 0 unspecified atom stereocenters. The van der Waals surface area contributed by atoms with Crippen molar-refractivity contribution in [2.75, 3.05) is 0 Å². The first-order valence-corrected chi connectivity index (χ1v) is 4.37. The Morgan fingerprint density at radius 3 is 2.88 bits per heavy atom. The van der Waals surface area contributed by atoms with Crippen molar-refractivity contribution in [2.24, 2.45) is 0 Å². The molecule has 2 rings (SSSR count). The molecule has 0 bridgehead atoms. The zero-order valence-corrected chi connectivity index (χ0v) is 7.99. The van der Waals surface area contributed by atoms with Gasteiger partial charge in [0.05, 0.1) is 11.1 Å². The Morgan fingerprint density at radius 1 is 1.44 bits per heavy atom. The Hall–Kier alpha value is -2.50. The zero-order valence-electron chi connectivity index (χ0n) is 7.99. The maximum Gasteiger partial charge on any atom is 0.270 e. The van der Waals surface area contributed by atoms with E-state index in [9.17, 15) is 14.9 Å². The second kappa shape index (κ2) is 3.93. The van der Waals surface area contributed by atoms with Gasteiger partial charge in [-0.25, -0.2) is 4.98 Å². The summed E-state index contributed by atoms with van der Waals surface area (Å²) in [5.74, 6) is -0.561. The number of nitro benzene ring substituents is 1.